The molecule has 0 saturated heterocycles. The molecule has 0 saturated carbocycles. The number of rotatable bonds is 8. The normalized spacial score (nSPS) is 10.7. The van der Waals surface area contributed by atoms with Crippen LogP contribution in [0.25, 0.3) is 0 Å². The molecule has 0 heterocycles. The highest BCUT2D eigenvalue weighted by molar-refractivity contribution is 6.37. The number of nitrogens with two attached hydrogens (primary N) is 1. The number of Topliss-reactive ketones (excluding diaryl/α,β-unsaturated/α-hetero) is 1. The summed E-state index contributed by atoms with van der Waals surface area (Å²) < 4.78 is 5.04. The van der Waals surface area contributed by atoms with E-state index in [-0.39, 0.29) is 24.8 Å². The van der Waals surface area contributed by atoms with Crippen LogP contribution in [0.2, 0.25) is 0 Å². The number of phenols is 1. The molecule has 1 amide bonds. The Morgan fingerprint density at radius 2 is 2.05 bits per heavy atom. The number of ketones is 1. The number of carbonyl (C=O) groups is 2. The van der Waals surface area contributed by atoms with E-state index in [1.165, 1.54) is 17.2 Å². The number of hydrogen-bond acceptors (Lipinski definition) is 6. The number of phenolic OH excluding ortho intramolecular Hbond substituents is 1. The summed E-state index contributed by atoms with van der Waals surface area (Å²) in [7, 11) is 0. The van der Waals surface area contributed by atoms with Crippen molar-refractivity contribution in [1.29, 1.82) is 0 Å². The Hall–Kier alpha value is -2.41. The fourth-order valence-electron chi connectivity index (χ4n) is 1.81. The molecule has 0 radical (unpaired) electrons. The average molecular weight is 307 g/mol. The van der Waals surface area contributed by atoms with E-state index in [1.54, 1.807) is 12.1 Å². The van der Waals surface area contributed by atoms with Gasteiger partial charge in [-0.05, 0) is 37.6 Å². The van der Waals surface area contributed by atoms with Crippen molar-refractivity contribution in [2.24, 2.45) is 10.7 Å². The molecular formula is C15H21N3O4. The number of hydrogen-bond donors (Lipinski definition) is 2. The maximum absolute atomic E-state index is 11.8. The van der Waals surface area contributed by atoms with Gasteiger partial charge in [0.1, 0.15) is 13.3 Å². The first kappa shape index (κ1) is 17.6. The number of aliphatic imine (C=N–C) groups is 1. The summed E-state index contributed by atoms with van der Waals surface area (Å²) in [6.07, 6.45) is 1.44. The van der Waals surface area contributed by atoms with Gasteiger partial charge in [0.05, 0.1) is 0 Å². The van der Waals surface area contributed by atoms with Crippen LogP contribution >= 0.6 is 0 Å². The Labute approximate surface area is 129 Å². The standard InChI is InChI=1S/C15H21N3O4/c1-3-18(4-2)15(21)13(20)9-17-8-11-5-6-12(19)14(7-11)22-10-16/h5-8,19H,3-4,9-10,16H2,1-2H3. The van der Waals surface area contributed by atoms with Crippen LogP contribution in [0.15, 0.2) is 23.2 Å². The predicted octanol–water partition coefficient (Wildman–Crippen LogP) is 0.544. The Bertz CT molecular complexity index is 554. The van der Waals surface area contributed by atoms with Crippen molar-refractivity contribution in [3.05, 3.63) is 23.8 Å². The van der Waals surface area contributed by atoms with E-state index in [0.717, 1.165) is 0 Å². The van der Waals surface area contributed by atoms with Gasteiger partial charge in [-0.25, -0.2) is 0 Å². The van der Waals surface area contributed by atoms with Crippen molar-refractivity contribution in [3.63, 3.8) is 0 Å². The molecule has 7 heteroatoms. The van der Waals surface area contributed by atoms with Crippen molar-refractivity contribution < 1.29 is 19.4 Å². The molecule has 7 nitrogen and oxygen atoms in total. The number of ether oxygens (including phenoxy) is 1. The van der Waals surface area contributed by atoms with E-state index < -0.39 is 11.7 Å². The third-order valence-electron chi connectivity index (χ3n) is 2.99. The molecule has 0 bridgehead atoms. The fourth-order valence-corrected chi connectivity index (χ4v) is 1.81. The molecule has 1 rings (SSSR count). The number of carbonyl (C=O) groups excluding carboxylic acids is 2. The highest BCUT2D eigenvalue weighted by Gasteiger charge is 2.18. The van der Waals surface area contributed by atoms with Crippen LogP contribution in [0.1, 0.15) is 19.4 Å². The fraction of sp³-hybridized carbons (Fsp3) is 0.400. The minimum Gasteiger partial charge on any atom is -0.504 e. The zero-order chi connectivity index (χ0) is 16.5. The van der Waals surface area contributed by atoms with Gasteiger partial charge in [0.2, 0.25) is 5.78 Å². The quantitative estimate of drug-likeness (QED) is 0.414. The second kappa shape index (κ2) is 8.78. The van der Waals surface area contributed by atoms with Crippen molar-refractivity contribution in [1.82, 2.24) is 4.90 Å². The Morgan fingerprint density at radius 3 is 2.64 bits per heavy atom. The van der Waals surface area contributed by atoms with E-state index in [0.29, 0.717) is 18.7 Å². The number of nitrogens with zero attached hydrogens (tertiary/aromatic N) is 2. The van der Waals surface area contributed by atoms with Crippen molar-refractivity contribution >= 4 is 17.9 Å². The number of benzene rings is 1. The van der Waals surface area contributed by atoms with E-state index in [4.69, 9.17) is 10.5 Å². The summed E-state index contributed by atoms with van der Waals surface area (Å²) in [6, 6.07) is 4.59. The van der Waals surface area contributed by atoms with E-state index >= 15 is 0 Å². The Morgan fingerprint density at radius 1 is 1.36 bits per heavy atom. The smallest absolute Gasteiger partial charge is 0.291 e. The van der Waals surface area contributed by atoms with Crippen molar-refractivity contribution in [2.45, 2.75) is 13.8 Å². The molecule has 0 aliphatic rings. The third kappa shape index (κ3) is 4.85. The molecule has 0 fully saturated rings. The van der Waals surface area contributed by atoms with Crippen LogP contribution in [0.5, 0.6) is 11.5 Å². The monoisotopic (exact) mass is 307 g/mol. The summed E-state index contributed by atoms with van der Waals surface area (Å²) in [4.78, 5) is 28.9. The molecule has 0 atom stereocenters. The van der Waals surface area contributed by atoms with Crippen LogP contribution in [0, 0.1) is 0 Å². The molecule has 0 aromatic heterocycles. The lowest BCUT2D eigenvalue weighted by Crippen LogP contribution is -2.37. The van der Waals surface area contributed by atoms with Crippen LogP contribution < -0.4 is 10.5 Å². The lowest BCUT2D eigenvalue weighted by molar-refractivity contribution is -0.143. The summed E-state index contributed by atoms with van der Waals surface area (Å²) in [5.41, 5.74) is 5.88. The molecule has 1 aromatic rings. The summed E-state index contributed by atoms with van der Waals surface area (Å²) in [5, 5.41) is 9.54. The van der Waals surface area contributed by atoms with Gasteiger partial charge in [0.15, 0.2) is 11.5 Å². The average Bonchev–Trinajstić information content (AvgIpc) is 2.51. The molecular weight excluding hydrogens is 286 g/mol. The molecule has 0 aliphatic carbocycles. The lowest BCUT2D eigenvalue weighted by Gasteiger charge is -2.16. The van der Waals surface area contributed by atoms with Gasteiger partial charge in [0.25, 0.3) is 5.91 Å². The summed E-state index contributed by atoms with van der Waals surface area (Å²) in [6.45, 7) is 4.32. The number of amides is 1. The topological polar surface area (TPSA) is 105 Å². The first-order valence-electron chi connectivity index (χ1n) is 7.01. The second-order valence-corrected chi connectivity index (χ2v) is 4.41. The largest absolute Gasteiger partial charge is 0.504 e. The number of likely N-dealkylation sites (N-methyl/N-ethyl adjacent to an activating group) is 1. The summed E-state index contributed by atoms with van der Waals surface area (Å²) >= 11 is 0. The van der Waals surface area contributed by atoms with E-state index in [1.807, 2.05) is 13.8 Å². The SMILES string of the molecule is CCN(CC)C(=O)C(=O)CN=Cc1ccc(O)c(OCN)c1. The van der Waals surface area contributed by atoms with E-state index in [9.17, 15) is 14.7 Å². The first-order chi connectivity index (χ1) is 10.5. The van der Waals surface area contributed by atoms with Crippen LogP contribution in [0.3, 0.4) is 0 Å². The zero-order valence-electron chi connectivity index (χ0n) is 12.8. The minimum absolute atomic E-state index is 0.0320. The van der Waals surface area contributed by atoms with Gasteiger partial charge in [-0.2, -0.15) is 0 Å². The minimum atomic E-state index is -0.558. The molecule has 0 spiro atoms. The van der Waals surface area contributed by atoms with Gasteiger partial charge in [-0.1, -0.05) is 0 Å². The van der Waals surface area contributed by atoms with Crippen LogP contribution in [0.4, 0.5) is 0 Å². The number of aromatic hydroxyl groups is 1. The Balaban J connectivity index is 2.67. The molecule has 3 N–H and O–H groups in total. The van der Waals surface area contributed by atoms with Crippen LogP contribution in [-0.2, 0) is 9.59 Å². The van der Waals surface area contributed by atoms with Crippen molar-refractivity contribution in [3.8, 4) is 11.5 Å². The maximum Gasteiger partial charge on any atom is 0.291 e. The molecule has 120 valence electrons. The predicted molar refractivity (Wildman–Crippen MR) is 83.2 cm³/mol. The van der Waals surface area contributed by atoms with Gasteiger partial charge in [0, 0.05) is 19.3 Å². The van der Waals surface area contributed by atoms with Gasteiger partial charge in [-0.3, -0.25) is 20.3 Å². The lowest BCUT2D eigenvalue weighted by atomic mass is 10.2. The molecule has 0 unspecified atom stereocenters. The van der Waals surface area contributed by atoms with Gasteiger partial charge in [-0.15, -0.1) is 0 Å². The second-order valence-electron chi connectivity index (χ2n) is 4.41. The van der Waals surface area contributed by atoms with Crippen molar-refractivity contribution in [2.75, 3.05) is 26.4 Å². The third-order valence-corrected chi connectivity index (χ3v) is 2.99. The highest BCUT2D eigenvalue weighted by Crippen LogP contribution is 2.25. The van der Waals surface area contributed by atoms with Gasteiger partial charge < -0.3 is 14.7 Å². The Kier molecular flexibility index (Phi) is 7.04. The molecule has 1 aromatic carbocycles. The van der Waals surface area contributed by atoms with Crippen LogP contribution in [-0.4, -0.2) is 54.3 Å². The summed E-state index contributed by atoms with van der Waals surface area (Å²) in [5.74, 6) is -0.885. The van der Waals surface area contributed by atoms with Gasteiger partial charge >= 0.3 is 0 Å². The first-order valence-corrected chi connectivity index (χ1v) is 7.01. The zero-order valence-corrected chi connectivity index (χ0v) is 12.8. The molecule has 0 aliphatic heterocycles. The molecule has 22 heavy (non-hydrogen) atoms. The van der Waals surface area contributed by atoms with E-state index in [2.05, 4.69) is 4.99 Å². The maximum atomic E-state index is 11.8. The highest BCUT2D eigenvalue weighted by atomic mass is 16.5.